The predicted octanol–water partition coefficient (Wildman–Crippen LogP) is 1.38. The van der Waals surface area contributed by atoms with Crippen LogP contribution in [0.4, 0.5) is 0 Å². The van der Waals surface area contributed by atoms with E-state index in [0.717, 1.165) is 0 Å². The first kappa shape index (κ1) is 12.9. The van der Waals surface area contributed by atoms with E-state index < -0.39 is 12.1 Å². The molecule has 0 spiro atoms. The first-order valence-electron chi connectivity index (χ1n) is 5.60. The van der Waals surface area contributed by atoms with E-state index in [1.54, 1.807) is 19.1 Å². The van der Waals surface area contributed by atoms with Crippen molar-refractivity contribution in [1.82, 2.24) is 0 Å². The van der Waals surface area contributed by atoms with Gasteiger partial charge in [-0.1, -0.05) is 12.2 Å². The fourth-order valence-corrected chi connectivity index (χ4v) is 2.19. The van der Waals surface area contributed by atoms with E-state index in [0.29, 0.717) is 19.3 Å². The van der Waals surface area contributed by atoms with Crippen LogP contribution in [0.5, 0.6) is 0 Å². The molecular formula is C12H18O4. The van der Waals surface area contributed by atoms with Crippen LogP contribution >= 0.6 is 0 Å². The first-order chi connectivity index (χ1) is 7.50. The molecule has 4 heteroatoms. The number of carbonyl (C=O) groups is 2. The highest BCUT2D eigenvalue weighted by molar-refractivity contribution is 5.84. The summed E-state index contributed by atoms with van der Waals surface area (Å²) in [6, 6.07) is 0. The second-order valence-electron chi connectivity index (χ2n) is 4.37. The van der Waals surface area contributed by atoms with Gasteiger partial charge in [0.1, 0.15) is 5.78 Å². The molecule has 0 aromatic carbocycles. The lowest BCUT2D eigenvalue weighted by Gasteiger charge is -2.14. The lowest BCUT2D eigenvalue weighted by atomic mass is 9.89. The molecule has 0 aromatic rings. The number of aliphatic carboxylic acids is 1. The second kappa shape index (κ2) is 5.80. The third-order valence-electron chi connectivity index (χ3n) is 2.99. The highest BCUT2D eigenvalue weighted by Gasteiger charge is 2.34. The van der Waals surface area contributed by atoms with Crippen molar-refractivity contribution in [3.63, 3.8) is 0 Å². The van der Waals surface area contributed by atoms with Crippen LogP contribution < -0.4 is 0 Å². The van der Waals surface area contributed by atoms with Crippen LogP contribution in [-0.2, 0) is 9.59 Å². The summed E-state index contributed by atoms with van der Waals surface area (Å²) in [6.07, 6.45) is 4.66. The maximum atomic E-state index is 11.6. The van der Waals surface area contributed by atoms with Crippen molar-refractivity contribution in [1.29, 1.82) is 0 Å². The fraction of sp³-hybridized carbons (Fsp3) is 0.667. The van der Waals surface area contributed by atoms with Crippen LogP contribution in [0.3, 0.4) is 0 Å². The smallest absolute Gasteiger partial charge is 0.303 e. The SMILES string of the molecule is CC(O)/C=C/CC1C(=O)CCC1CC(=O)O. The maximum absolute atomic E-state index is 11.6. The van der Waals surface area contributed by atoms with Gasteiger partial charge >= 0.3 is 5.97 Å². The Kier molecular flexibility index (Phi) is 4.68. The van der Waals surface area contributed by atoms with Crippen LogP contribution in [0.1, 0.15) is 32.6 Å². The standard InChI is InChI=1S/C12H18O4/c1-8(13)3-2-4-10-9(7-12(15)16)5-6-11(10)14/h2-3,8-10,13H,4-7H2,1H3,(H,15,16)/b3-2+. The predicted molar refractivity (Wildman–Crippen MR) is 58.9 cm³/mol. The van der Waals surface area contributed by atoms with Crippen molar-refractivity contribution in [2.24, 2.45) is 11.8 Å². The van der Waals surface area contributed by atoms with Gasteiger partial charge in [0, 0.05) is 18.8 Å². The Hall–Kier alpha value is -1.16. The zero-order chi connectivity index (χ0) is 12.1. The summed E-state index contributed by atoms with van der Waals surface area (Å²) in [5.41, 5.74) is 0. The minimum absolute atomic E-state index is 0.0383. The minimum Gasteiger partial charge on any atom is -0.481 e. The number of ketones is 1. The van der Waals surface area contributed by atoms with Crippen LogP contribution in [-0.4, -0.2) is 28.1 Å². The monoisotopic (exact) mass is 226 g/mol. The van der Waals surface area contributed by atoms with Gasteiger partial charge in [-0.3, -0.25) is 9.59 Å². The van der Waals surface area contributed by atoms with Gasteiger partial charge in [-0.15, -0.1) is 0 Å². The molecule has 1 fully saturated rings. The molecule has 90 valence electrons. The van der Waals surface area contributed by atoms with Gasteiger partial charge in [0.05, 0.1) is 6.10 Å². The summed E-state index contributed by atoms with van der Waals surface area (Å²) in [6.45, 7) is 1.64. The molecule has 1 aliphatic rings. The van der Waals surface area contributed by atoms with Crippen LogP contribution in [0.25, 0.3) is 0 Å². The second-order valence-corrected chi connectivity index (χ2v) is 4.37. The number of Topliss-reactive ketones (excluding diaryl/α,β-unsaturated/α-hetero) is 1. The van der Waals surface area contributed by atoms with Crippen LogP contribution in [0.15, 0.2) is 12.2 Å². The van der Waals surface area contributed by atoms with Gasteiger partial charge in [0.2, 0.25) is 0 Å². The molecule has 0 radical (unpaired) electrons. The Morgan fingerprint density at radius 1 is 1.62 bits per heavy atom. The molecule has 0 amide bonds. The minimum atomic E-state index is -0.843. The molecule has 1 saturated carbocycles. The number of carboxylic acids is 1. The van der Waals surface area contributed by atoms with Gasteiger partial charge in [0.15, 0.2) is 0 Å². The number of aliphatic hydroxyl groups excluding tert-OH is 1. The molecule has 0 aliphatic heterocycles. The Bertz CT molecular complexity index is 293. The van der Waals surface area contributed by atoms with E-state index in [2.05, 4.69) is 0 Å². The topological polar surface area (TPSA) is 74.6 Å². The number of rotatable bonds is 5. The molecular weight excluding hydrogens is 208 g/mol. The molecule has 1 aliphatic carbocycles. The van der Waals surface area contributed by atoms with Gasteiger partial charge in [-0.2, -0.15) is 0 Å². The van der Waals surface area contributed by atoms with Crippen molar-refractivity contribution in [2.75, 3.05) is 0 Å². The quantitative estimate of drug-likeness (QED) is 0.694. The molecule has 0 aromatic heterocycles. The summed E-state index contributed by atoms with van der Waals surface area (Å²) < 4.78 is 0. The molecule has 0 bridgehead atoms. The number of aliphatic hydroxyl groups is 1. The summed E-state index contributed by atoms with van der Waals surface area (Å²) in [5.74, 6) is -0.902. The van der Waals surface area contributed by atoms with Crippen LogP contribution in [0, 0.1) is 11.8 Å². The normalized spacial score (nSPS) is 27.5. The van der Waals surface area contributed by atoms with E-state index in [1.165, 1.54) is 0 Å². The van der Waals surface area contributed by atoms with Crippen molar-refractivity contribution >= 4 is 11.8 Å². The average Bonchev–Trinajstić information content (AvgIpc) is 2.48. The van der Waals surface area contributed by atoms with E-state index in [4.69, 9.17) is 10.2 Å². The highest BCUT2D eigenvalue weighted by Crippen LogP contribution is 2.33. The first-order valence-corrected chi connectivity index (χ1v) is 5.60. The van der Waals surface area contributed by atoms with Crippen molar-refractivity contribution in [3.8, 4) is 0 Å². The van der Waals surface area contributed by atoms with E-state index in [9.17, 15) is 9.59 Å². The zero-order valence-electron chi connectivity index (χ0n) is 9.43. The fourth-order valence-electron chi connectivity index (χ4n) is 2.19. The highest BCUT2D eigenvalue weighted by atomic mass is 16.4. The average molecular weight is 226 g/mol. The third-order valence-corrected chi connectivity index (χ3v) is 2.99. The molecule has 0 saturated heterocycles. The molecule has 16 heavy (non-hydrogen) atoms. The van der Waals surface area contributed by atoms with E-state index >= 15 is 0 Å². The van der Waals surface area contributed by atoms with Crippen molar-refractivity contribution in [2.45, 2.75) is 38.7 Å². The summed E-state index contributed by atoms with van der Waals surface area (Å²) in [7, 11) is 0. The largest absolute Gasteiger partial charge is 0.481 e. The van der Waals surface area contributed by atoms with Crippen LogP contribution in [0.2, 0.25) is 0 Å². The molecule has 3 unspecified atom stereocenters. The summed E-state index contributed by atoms with van der Waals surface area (Å²) in [4.78, 5) is 22.2. The molecule has 2 N–H and O–H groups in total. The van der Waals surface area contributed by atoms with E-state index in [-0.39, 0.29) is 24.0 Å². The molecule has 1 rings (SSSR count). The van der Waals surface area contributed by atoms with Gasteiger partial charge < -0.3 is 10.2 Å². The summed E-state index contributed by atoms with van der Waals surface area (Å²) in [5, 5.41) is 17.8. The molecule has 3 atom stereocenters. The van der Waals surface area contributed by atoms with Gasteiger partial charge in [-0.25, -0.2) is 0 Å². The number of hydrogen-bond donors (Lipinski definition) is 2. The third kappa shape index (κ3) is 3.77. The zero-order valence-corrected chi connectivity index (χ0v) is 9.43. The summed E-state index contributed by atoms with van der Waals surface area (Å²) >= 11 is 0. The van der Waals surface area contributed by atoms with E-state index in [1.807, 2.05) is 0 Å². The Balaban J connectivity index is 2.53. The van der Waals surface area contributed by atoms with Gasteiger partial charge in [0.25, 0.3) is 0 Å². The Labute approximate surface area is 95.0 Å². The van der Waals surface area contributed by atoms with Crippen molar-refractivity contribution < 1.29 is 19.8 Å². The molecule has 4 nitrogen and oxygen atoms in total. The number of allylic oxidation sites excluding steroid dienone is 1. The van der Waals surface area contributed by atoms with Crippen molar-refractivity contribution in [3.05, 3.63) is 12.2 Å². The Morgan fingerprint density at radius 2 is 2.31 bits per heavy atom. The molecule has 0 heterocycles. The lowest BCUT2D eigenvalue weighted by Crippen LogP contribution is -2.17. The number of carbonyl (C=O) groups excluding carboxylic acids is 1. The Morgan fingerprint density at radius 3 is 2.88 bits per heavy atom. The van der Waals surface area contributed by atoms with Gasteiger partial charge in [-0.05, 0) is 25.7 Å². The number of carboxylic acid groups (broad SMARTS) is 1. The maximum Gasteiger partial charge on any atom is 0.303 e. The lowest BCUT2D eigenvalue weighted by molar-refractivity contribution is -0.138. The number of hydrogen-bond acceptors (Lipinski definition) is 3.